The van der Waals surface area contributed by atoms with Gasteiger partial charge in [-0.1, -0.05) is 0 Å². The first-order chi connectivity index (χ1) is 5.22. The normalized spacial score (nSPS) is 12.0. The number of nitrogens with one attached hydrogen (secondary N) is 1. The van der Waals surface area contributed by atoms with Crippen molar-refractivity contribution in [3.63, 3.8) is 0 Å². The number of H-pyrrole nitrogens is 1. The quantitative estimate of drug-likeness (QED) is 0.403. The number of hydrogen-bond donors (Lipinski definition) is 3. The fourth-order valence-corrected chi connectivity index (χ4v) is 0.643. The van der Waals surface area contributed by atoms with Crippen molar-refractivity contribution in [3.05, 3.63) is 11.8 Å². The molecule has 0 saturated carbocycles. The van der Waals surface area contributed by atoms with Crippen molar-refractivity contribution in [1.82, 2.24) is 10.2 Å². The predicted octanol–water partition coefficient (Wildman–Crippen LogP) is -0.301. The van der Waals surface area contributed by atoms with Crippen LogP contribution in [0.2, 0.25) is 0 Å². The minimum absolute atomic E-state index is 0.163. The first kappa shape index (κ1) is 7.74. The summed E-state index contributed by atoms with van der Waals surface area (Å²) in [7, 11) is 0. The number of aliphatic hydroxyl groups excluding tert-OH is 1. The lowest BCUT2D eigenvalue weighted by atomic mass is 10.5. The number of aromatic amines is 1. The maximum Gasteiger partial charge on any atom is 0.175 e. The predicted molar refractivity (Wildman–Crippen MR) is 41.7 cm³/mol. The van der Waals surface area contributed by atoms with E-state index in [0.717, 1.165) is 5.69 Å². The van der Waals surface area contributed by atoms with Gasteiger partial charge >= 0.3 is 0 Å². The van der Waals surface area contributed by atoms with E-state index in [1.165, 1.54) is 0 Å². The lowest BCUT2D eigenvalue weighted by Crippen LogP contribution is -2.15. The van der Waals surface area contributed by atoms with E-state index < -0.39 is 0 Å². The number of aliphatic hydroxyl groups is 1. The van der Waals surface area contributed by atoms with Crippen LogP contribution < -0.4 is 5.73 Å². The fourth-order valence-electron chi connectivity index (χ4n) is 0.643. The van der Waals surface area contributed by atoms with Gasteiger partial charge in [-0.3, -0.25) is 5.10 Å². The van der Waals surface area contributed by atoms with Crippen LogP contribution in [0.15, 0.2) is 11.1 Å². The third-order valence-corrected chi connectivity index (χ3v) is 1.11. The Balaban J connectivity index is 2.78. The molecular formula is C6H10N4O. The van der Waals surface area contributed by atoms with Crippen LogP contribution in [0, 0.1) is 6.92 Å². The molecule has 1 aromatic heterocycles. The Bertz CT molecular complexity index is 265. The average molecular weight is 154 g/mol. The maximum absolute atomic E-state index is 8.51. The molecule has 0 radical (unpaired) electrons. The summed E-state index contributed by atoms with van der Waals surface area (Å²) < 4.78 is 0. The van der Waals surface area contributed by atoms with Crippen LogP contribution in [0.5, 0.6) is 0 Å². The highest BCUT2D eigenvalue weighted by molar-refractivity contribution is 5.83. The summed E-state index contributed by atoms with van der Waals surface area (Å²) in [6.45, 7) is 1.62. The Labute approximate surface area is 64.0 Å². The van der Waals surface area contributed by atoms with Gasteiger partial charge < -0.3 is 10.8 Å². The molecule has 1 heterocycles. The Hall–Kier alpha value is -1.36. The van der Waals surface area contributed by atoms with Gasteiger partial charge in [-0.15, -0.1) is 0 Å². The van der Waals surface area contributed by atoms with E-state index >= 15 is 0 Å². The minimum Gasteiger partial charge on any atom is -0.388 e. The van der Waals surface area contributed by atoms with Gasteiger partial charge in [0.25, 0.3) is 0 Å². The molecule has 0 amide bonds. The highest BCUT2D eigenvalue weighted by Gasteiger charge is 1.94. The van der Waals surface area contributed by atoms with Gasteiger partial charge in [0, 0.05) is 11.8 Å². The molecule has 0 unspecified atom stereocenters. The fraction of sp³-hybridized carbons (Fsp3) is 0.333. The third-order valence-electron chi connectivity index (χ3n) is 1.11. The number of rotatable bonds is 2. The van der Waals surface area contributed by atoms with Gasteiger partial charge in [0.15, 0.2) is 5.82 Å². The monoisotopic (exact) mass is 154 g/mol. The van der Waals surface area contributed by atoms with E-state index in [9.17, 15) is 0 Å². The van der Waals surface area contributed by atoms with Crippen LogP contribution in [0.1, 0.15) is 5.69 Å². The third kappa shape index (κ3) is 2.05. The number of aliphatic imine (C=N–C) groups is 1. The molecule has 1 aromatic rings. The number of nitrogens with zero attached hydrogens (tertiary/aromatic N) is 2. The molecule has 1 rings (SSSR count). The average Bonchev–Trinajstić information content (AvgIpc) is 2.35. The molecule has 11 heavy (non-hydrogen) atoms. The Morgan fingerprint density at radius 1 is 1.91 bits per heavy atom. The van der Waals surface area contributed by atoms with Crippen molar-refractivity contribution in [2.24, 2.45) is 10.7 Å². The van der Waals surface area contributed by atoms with E-state index in [1.54, 1.807) is 6.07 Å². The van der Waals surface area contributed by atoms with Crippen molar-refractivity contribution < 1.29 is 5.11 Å². The standard InChI is InChI=1S/C6H10N4O/c1-4-2-6(10-9-4)8-5(7)3-11/h2,11H,3H2,1H3,(H3,7,8,9,10). The Morgan fingerprint density at radius 2 is 2.64 bits per heavy atom. The van der Waals surface area contributed by atoms with Crippen molar-refractivity contribution in [2.75, 3.05) is 6.61 Å². The van der Waals surface area contributed by atoms with Crippen LogP contribution in [-0.4, -0.2) is 27.7 Å². The first-order valence-electron chi connectivity index (χ1n) is 3.18. The van der Waals surface area contributed by atoms with Gasteiger partial charge in [0.2, 0.25) is 0 Å². The first-order valence-corrected chi connectivity index (χ1v) is 3.18. The van der Waals surface area contributed by atoms with Gasteiger partial charge in [-0.2, -0.15) is 5.10 Å². The molecule has 5 nitrogen and oxygen atoms in total. The maximum atomic E-state index is 8.51. The summed E-state index contributed by atoms with van der Waals surface area (Å²) in [5, 5.41) is 15.0. The number of aromatic nitrogens is 2. The zero-order valence-electron chi connectivity index (χ0n) is 6.20. The lowest BCUT2D eigenvalue weighted by molar-refractivity contribution is 0.356. The number of hydrogen-bond acceptors (Lipinski definition) is 3. The van der Waals surface area contributed by atoms with Crippen molar-refractivity contribution in [3.8, 4) is 0 Å². The Kier molecular flexibility index (Phi) is 2.22. The highest BCUT2D eigenvalue weighted by atomic mass is 16.3. The smallest absolute Gasteiger partial charge is 0.175 e. The summed E-state index contributed by atoms with van der Waals surface area (Å²) in [6.07, 6.45) is 0. The summed E-state index contributed by atoms with van der Waals surface area (Å²) in [5.74, 6) is 0.658. The Morgan fingerprint density at radius 3 is 3.09 bits per heavy atom. The van der Waals surface area contributed by atoms with Crippen molar-refractivity contribution in [2.45, 2.75) is 6.92 Å². The van der Waals surface area contributed by atoms with Crippen LogP contribution >= 0.6 is 0 Å². The molecule has 0 fully saturated rings. The molecule has 0 aliphatic carbocycles. The summed E-state index contributed by atoms with van der Waals surface area (Å²) in [4.78, 5) is 3.80. The van der Waals surface area contributed by atoms with Crippen LogP contribution in [0.4, 0.5) is 5.82 Å². The van der Waals surface area contributed by atoms with Crippen molar-refractivity contribution >= 4 is 11.7 Å². The second-order valence-corrected chi connectivity index (χ2v) is 2.17. The molecule has 4 N–H and O–H groups in total. The molecule has 0 aliphatic heterocycles. The van der Waals surface area contributed by atoms with Crippen LogP contribution in [-0.2, 0) is 0 Å². The van der Waals surface area contributed by atoms with E-state index in [-0.39, 0.29) is 12.4 Å². The van der Waals surface area contributed by atoms with E-state index in [2.05, 4.69) is 15.2 Å². The topological polar surface area (TPSA) is 87.3 Å². The number of amidine groups is 1. The number of aryl methyl sites for hydroxylation is 1. The molecule has 0 spiro atoms. The minimum atomic E-state index is -0.244. The zero-order chi connectivity index (χ0) is 8.27. The van der Waals surface area contributed by atoms with E-state index in [4.69, 9.17) is 10.8 Å². The van der Waals surface area contributed by atoms with Crippen LogP contribution in [0.3, 0.4) is 0 Å². The highest BCUT2D eigenvalue weighted by Crippen LogP contribution is 2.07. The molecule has 0 aromatic carbocycles. The van der Waals surface area contributed by atoms with Crippen LogP contribution in [0.25, 0.3) is 0 Å². The lowest BCUT2D eigenvalue weighted by Gasteiger charge is -1.89. The van der Waals surface area contributed by atoms with Gasteiger partial charge in [-0.05, 0) is 6.92 Å². The van der Waals surface area contributed by atoms with Gasteiger partial charge in [0.05, 0.1) is 0 Å². The summed E-state index contributed by atoms with van der Waals surface area (Å²) >= 11 is 0. The van der Waals surface area contributed by atoms with Gasteiger partial charge in [-0.25, -0.2) is 4.99 Å². The molecule has 0 atom stereocenters. The largest absolute Gasteiger partial charge is 0.388 e. The second kappa shape index (κ2) is 3.16. The van der Waals surface area contributed by atoms with E-state index in [0.29, 0.717) is 5.82 Å². The molecule has 0 saturated heterocycles. The second-order valence-electron chi connectivity index (χ2n) is 2.17. The van der Waals surface area contributed by atoms with Gasteiger partial charge in [0.1, 0.15) is 12.4 Å². The number of nitrogens with two attached hydrogens (primary N) is 1. The molecular weight excluding hydrogens is 144 g/mol. The SMILES string of the molecule is Cc1cc(N=C(N)CO)n[nH]1. The van der Waals surface area contributed by atoms with Crippen molar-refractivity contribution in [1.29, 1.82) is 0 Å². The zero-order valence-corrected chi connectivity index (χ0v) is 6.20. The van der Waals surface area contributed by atoms with E-state index in [1.807, 2.05) is 6.92 Å². The molecule has 0 bridgehead atoms. The molecule has 60 valence electrons. The summed E-state index contributed by atoms with van der Waals surface area (Å²) in [5.41, 5.74) is 6.17. The molecule has 0 aliphatic rings. The summed E-state index contributed by atoms with van der Waals surface area (Å²) in [6, 6.07) is 1.74. The molecule has 5 heteroatoms.